The van der Waals surface area contributed by atoms with Gasteiger partial charge in [0.15, 0.2) is 0 Å². The number of nitrogens with one attached hydrogen (secondary N) is 1. The lowest BCUT2D eigenvalue weighted by Crippen LogP contribution is -2.49. The van der Waals surface area contributed by atoms with Crippen molar-refractivity contribution >= 4 is 15.9 Å². The largest absolute Gasteiger partial charge is 0.376 e. The SMILES string of the molecule is Cc1ccc(C(=O)N(CCS(=O)(=O)N2CCNCC2)C[C@H]2CCCO2)cc1. The van der Waals surface area contributed by atoms with E-state index in [0.717, 1.165) is 18.4 Å². The third kappa shape index (κ3) is 5.51. The van der Waals surface area contributed by atoms with Gasteiger partial charge >= 0.3 is 0 Å². The number of rotatable bonds is 7. The van der Waals surface area contributed by atoms with Crippen LogP contribution in [0.25, 0.3) is 0 Å². The smallest absolute Gasteiger partial charge is 0.253 e. The van der Waals surface area contributed by atoms with Crippen LogP contribution in [-0.4, -0.2) is 81.3 Å². The molecule has 2 saturated heterocycles. The van der Waals surface area contributed by atoms with Crippen LogP contribution in [0.3, 0.4) is 0 Å². The van der Waals surface area contributed by atoms with Gasteiger partial charge < -0.3 is 15.0 Å². The number of piperazine rings is 1. The molecular formula is C19H29N3O4S. The molecule has 27 heavy (non-hydrogen) atoms. The number of hydrogen-bond acceptors (Lipinski definition) is 5. The Bertz CT molecular complexity index is 724. The maximum atomic E-state index is 13.0. The van der Waals surface area contributed by atoms with Crippen molar-refractivity contribution < 1.29 is 17.9 Å². The molecule has 1 aromatic rings. The van der Waals surface area contributed by atoms with Gasteiger partial charge in [-0.2, -0.15) is 4.31 Å². The summed E-state index contributed by atoms with van der Waals surface area (Å²) in [4.78, 5) is 14.6. The van der Waals surface area contributed by atoms with E-state index in [2.05, 4.69) is 5.32 Å². The second-order valence-electron chi connectivity index (χ2n) is 7.22. The highest BCUT2D eigenvalue weighted by atomic mass is 32.2. The van der Waals surface area contributed by atoms with Gasteiger partial charge in [-0.1, -0.05) is 17.7 Å². The van der Waals surface area contributed by atoms with Gasteiger partial charge in [0.05, 0.1) is 11.9 Å². The fraction of sp³-hybridized carbons (Fsp3) is 0.632. The van der Waals surface area contributed by atoms with E-state index in [0.29, 0.717) is 44.9 Å². The topological polar surface area (TPSA) is 79.0 Å². The lowest BCUT2D eigenvalue weighted by Gasteiger charge is -2.29. The van der Waals surface area contributed by atoms with Crippen molar-refractivity contribution in [1.82, 2.24) is 14.5 Å². The first kappa shape index (κ1) is 20.3. The van der Waals surface area contributed by atoms with Crippen molar-refractivity contribution in [1.29, 1.82) is 0 Å². The average molecular weight is 396 g/mol. The van der Waals surface area contributed by atoms with Gasteiger partial charge in [0, 0.05) is 51.4 Å². The van der Waals surface area contributed by atoms with E-state index in [1.807, 2.05) is 19.1 Å². The fourth-order valence-corrected chi connectivity index (χ4v) is 4.91. The van der Waals surface area contributed by atoms with E-state index >= 15 is 0 Å². The summed E-state index contributed by atoms with van der Waals surface area (Å²) in [6.07, 6.45) is 1.87. The second-order valence-corrected chi connectivity index (χ2v) is 9.31. The molecule has 1 atom stereocenters. The Morgan fingerprint density at radius 3 is 2.59 bits per heavy atom. The summed E-state index contributed by atoms with van der Waals surface area (Å²) in [7, 11) is -3.38. The maximum absolute atomic E-state index is 13.0. The van der Waals surface area contributed by atoms with Crippen LogP contribution < -0.4 is 5.32 Å². The molecule has 0 saturated carbocycles. The van der Waals surface area contributed by atoms with E-state index in [1.165, 1.54) is 4.31 Å². The zero-order valence-corrected chi connectivity index (χ0v) is 16.7. The predicted molar refractivity (Wildman–Crippen MR) is 104 cm³/mol. The highest BCUT2D eigenvalue weighted by Crippen LogP contribution is 2.16. The molecule has 1 N–H and O–H groups in total. The van der Waals surface area contributed by atoms with Crippen LogP contribution in [-0.2, 0) is 14.8 Å². The highest BCUT2D eigenvalue weighted by Gasteiger charge is 2.28. The molecule has 2 fully saturated rings. The normalized spacial score (nSPS) is 21.3. The summed E-state index contributed by atoms with van der Waals surface area (Å²) in [6, 6.07) is 7.39. The number of benzene rings is 1. The van der Waals surface area contributed by atoms with Crippen molar-refractivity contribution in [3.63, 3.8) is 0 Å². The van der Waals surface area contributed by atoms with Crippen LogP contribution in [0.4, 0.5) is 0 Å². The van der Waals surface area contributed by atoms with Gasteiger partial charge in [-0.05, 0) is 31.9 Å². The van der Waals surface area contributed by atoms with E-state index in [9.17, 15) is 13.2 Å². The summed E-state index contributed by atoms with van der Waals surface area (Å²) in [5.41, 5.74) is 1.66. The maximum Gasteiger partial charge on any atom is 0.253 e. The highest BCUT2D eigenvalue weighted by molar-refractivity contribution is 7.89. The molecule has 0 spiro atoms. The quantitative estimate of drug-likeness (QED) is 0.741. The molecule has 0 aliphatic carbocycles. The van der Waals surface area contributed by atoms with Crippen LogP contribution in [0.5, 0.6) is 0 Å². The number of carbonyl (C=O) groups is 1. The number of ether oxygens (including phenoxy) is 1. The standard InChI is InChI=1S/C19H29N3O4S/c1-16-4-6-17(7-5-16)19(23)21(15-18-3-2-13-26-18)12-14-27(24,25)22-10-8-20-9-11-22/h4-7,18,20H,2-3,8-15H2,1H3/t18-/m1/s1. The van der Waals surface area contributed by atoms with Crippen LogP contribution in [0.2, 0.25) is 0 Å². The average Bonchev–Trinajstić information content (AvgIpc) is 3.19. The predicted octanol–water partition coefficient (Wildman–Crippen LogP) is 0.851. The molecular weight excluding hydrogens is 366 g/mol. The van der Waals surface area contributed by atoms with Crippen molar-refractivity contribution in [2.45, 2.75) is 25.9 Å². The van der Waals surface area contributed by atoms with Gasteiger partial charge in [0.25, 0.3) is 5.91 Å². The summed E-state index contributed by atoms with van der Waals surface area (Å²) in [5, 5.41) is 3.16. The van der Waals surface area contributed by atoms with Gasteiger partial charge in [-0.25, -0.2) is 8.42 Å². The Morgan fingerprint density at radius 1 is 1.26 bits per heavy atom. The number of sulfonamides is 1. The van der Waals surface area contributed by atoms with Crippen LogP contribution in [0, 0.1) is 6.92 Å². The minimum Gasteiger partial charge on any atom is -0.376 e. The number of hydrogen-bond donors (Lipinski definition) is 1. The van der Waals surface area contributed by atoms with E-state index in [4.69, 9.17) is 4.74 Å². The first-order valence-corrected chi connectivity index (χ1v) is 11.2. The van der Waals surface area contributed by atoms with Gasteiger partial charge in [-0.15, -0.1) is 0 Å². The Kier molecular flexibility index (Phi) is 6.86. The first-order valence-electron chi connectivity index (χ1n) is 9.62. The minimum absolute atomic E-state index is 0.0127. The lowest BCUT2D eigenvalue weighted by molar-refractivity contribution is 0.0540. The van der Waals surface area contributed by atoms with Crippen LogP contribution in [0.1, 0.15) is 28.8 Å². The number of aryl methyl sites for hydroxylation is 1. The molecule has 8 heteroatoms. The van der Waals surface area contributed by atoms with Crippen LogP contribution in [0.15, 0.2) is 24.3 Å². The molecule has 7 nitrogen and oxygen atoms in total. The molecule has 1 aromatic carbocycles. The van der Waals surface area contributed by atoms with E-state index < -0.39 is 10.0 Å². The molecule has 0 bridgehead atoms. The second kappa shape index (κ2) is 9.14. The molecule has 150 valence electrons. The third-order valence-corrected chi connectivity index (χ3v) is 6.97. The Balaban J connectivity index is 1.69. The number of amides is 1. The Hall–Kier alpha value is -1.48. The molecule has 2 aliphatic rings. The molecule has 2 heterocycles. The van der Waals surface area contributed by atoms with Gasteiger partial charge in [0.2, 0.25) is 10.0 Å². The van der Waals surface area contributed by atoms with Crippen LogP contribution >= 0.6 is 0 Å². The lowest BCUT2D eigenvalue weighted by atomic mass is 10.1. The van der Waals surface area contributed by atoms with E-state index in [-0.39, 0.29) is 24.3 Å². The Morgan fingerprint density at radius 2 is 1.96 bits per heavy atom. The minimum atomic E-state index is -3.38. The van der Waals surface area contributed by atoms with Gasteiger partial charge in [0.1, 0.15) is 0 Å². The molecule has 0 unspecified atom stereocenters. The van der Waals surface area contributed by atoms with Crippen molar-refractivity contribution in [3.8, 4) is 0 Å². The fourth-order valence-electron chi connectivity index (χ4n) is 3.47. The molecule has 3 rings (SSSR count). The van der Waals surface area contributed by atoms with Gasteiger partial charge in [-0.3, -0.25) is 4.79 Å². The molecule has 0 radical (unpaired) electrons. The molecule has 1 amide bonds. The molecule has 2 aliphatic heterocycles. The van der Waals surface area contributed by atoms with E-state index in [1.54, 1.807) is 17.0 Å². The van der Waals surface area contributed by atoms with Crippen molar-refractivity contribution in [2.24, 2.45) is 0 Å². The zero-order chi connectivity index (χ0) is 19.3. The summed E-state index contributed by atoms with van der Waals surface area (Å²) < 4.78 is 32.5. The van der Waals surface area contributed by atoms with Crippen molar-refractivity contribution in [2.75, 3.05) is 51.6 Å². The summed E-state index contributed by atoms with van der Waals surface area (Å²) in [6.45, 7) is 5.60. The summed E-state index contributed by atoms with van der Waals surface area (Å²) >= 11 is 0. The third-order valence-electron chi connectivity index (χ3n) is 5.12. The number of nitrogens with zero attached hydrogens (tertiary/aromatic N) is 2. The van der Waals surface area contributed by atoms with Crippen molar-refractivity contribution in [3.05, 3.63) is 35.4 Å². The zero-order valence-electron chi connectivity index (χ0n) is 15.9. The summed E-state index contributed by atoms with van der Waals surface area (Å²) in [5.74, 6) is -0.196. The number of carbonyl (C=O) groups excluding carboxylic acids is 1. The monoisotopic (exact) mass is 395 g/mol. The Labute approximate surface area is 161 Å². The first-order chi connectivity index (χ1) is 13.0. The molecule has 0 aromatic heterocycles.